The highest BCUT2D eigenvalue weighted by Gasteiger charge is 2.67. The third-order valence-electron chi connectivity index (χ3n) is 12.6. The van der Waals surface area contributed by atoms with E-state index in [0.717, 1.165) is 63.4 Å². The van der Waals surface area contributed by atoms with Crippen molar-refractivity contribution in [2.24, 2.45) is 28.6 Å². The van der Waals surface area contributed by atoms with Gasteiger partial charge >= 0.3 is 11.7 Å². The lowest BCUT2D eigenvalue weighted by molar-refractivity contribution is -0.203. The first-order valence-corrected chi connectivity index (χ1v) is 15.4. The van der Waals surface area contributed by atoms with E-state index in [9.17, 15) is 30.0 Å². The summed E-state index contributed by atoms with van der Waals surface area (Å²) in [7, 11) is 0. The van der Waals surface area contributed by atoms with Gasteiger partial charge in [-0.1, -0.05) is 13.8 Å². The summed E-state index contributed by atoms with van der Waals surface area (Å²) in [5, 5.41) is 42.6. The smallest absolute Gasteiger partial charge is 0.407 e. The molecule has 9 heteroatoms. The van der Waals surface area contributed by atoms with E-state index in [0.29, 0.717) is 37.9 Å². The molecule has 0 bridgehead atoms. The Kier molecular flexibility index (Phi) is 7.12. The molecule has 1 aromatic rings. The molecule has 4 N–H and O–H groups in total. The average molecular weight is 559 g/mol. The monoisotopic (exact) mass is 558 g/mol. The molecule has 5 aliphatic rings. The second-order valence-electron chi connectivity index (χ2n) is 14.1. The zero-order valence-corrected chi connectivity index (χ0v) is 23.9. The summed E-state index contributed by atoms with van der Waals surface area (Å²) in [6.45, 7) is 5.79. The molecule has 4 aliphatic carbocycles. The highest BCUT2D eigenvalue weighted by atomic mass is 16.4. The van der Waals surface area contributed by atoms with Gasteiger partial charge in [-0.05, 0) is 98.5 Å². The van der Waals surface area contributed by atoms with Crippen LogP contribution in [0.5, 0.6) is 0 Å². The minimum atomic E-state index is -0.909. The van der Waals surface area contributed by atoms with Crippen LogP contribution in [-0.2, 0) is 0 Å². The van der Waals surface area contributed by atoms with E-state index >= 15 is 0 Å². The maximum Gasteiger partial charge on any atom is 0.407 e. The van der Waals surface area contributed by atoms with Gasteiger partial charge in [0.1, 0.15) is 6.23 Å². The van der Waals surface area contributed by atoms with Crippen LogP contribution in [0, 0.1) is 28.6 Å². The van der Waals surface area contributed by atoms with Crippen LogP contribution in [0.4, 0.5) is 4.79 Å². The molecule has 222 valence electrons. The number of aliphatic hydroxyl groups excluding tert-OH is 2. The van der Waals surface area contributed by atoms with E-state index in [4.69, 9.17) is 4.42 Å². The first kappa shape index (κ1) is 28.2. The van der Waals surface area contributed by atoms with Crippen LogP contribution in [0.2, 0.25) is 0 Å². The van der Waals surface area contributed by atoms with Gasteiger partial charge < -0.3 is 29.7 Å². The van der Waals surface area contributed by atoms with E-state index in [2.05, 4.69) is 13.8 Å². The van der Waals surface area contributed by atoms with Crippen LogP contribution >= 0.6 is 0 Å². The Hall–Kier alpha value is -1.94. The first-order chi connectivity index (χ1) is 19.0. The summed E-state index contributed by atoms with van der Waals surface area (Å²) in [5.41, 5.74) is -0.269. The summed E-state index contributed by atoms with van der Waals surface area (Å²) in [6.07, 6.45) is 7.96. The molecule has 1 aromatic heterocycles. The molecule has 40 heavy (non-hydrogen) atoms. The van der Waals surface area contributed by atoms with Gasteiger partial charge in [0.05, 0.1) is 18.0 Å². The number of aliphatic hydroxyl groups is 3. The number of amides is 1. The van der Waals surface area contributed by atoms with Crippen molar-refractivity contribution in [1.82, 2.24) is 9.80 Å². The summed E-state index contributed by atoms with van der Waals surface area (Å²) in [6, 6.07) is 3.32. The lowest BCUT2D eigenvalue weighted by Gasteiger charge is -2.64. The predicted molar refractivity (Wildman–Crippen MR) is 148 cm³/mol. The number of carboxylic acid groups (broad SMARTS) is 1. The van der Waals surface area contributed by atoms with E-state index in [1.54, 1.807) is 16.1 Å². The van der Waals surface area contributed by atoms with Gasteiger partial charge in [0, 0.05) is 43.6 Å². The maximum atomic E-state index is 12.5. The molecule has 1 aliphatic heterocycles. The highest BCUT2D eigenvalue weighted by molar-refractivity contribution is 5.65. The average Bonchev–Trinajstić information content (AvgIpc) is 3.38. The van der Waals surface area contributed by atoms with Crippen molar-refractivity contribution >= 4 is 6.09 Å². The van der Waals surface area contributed by atoms with Crippen molar-refractivity contribution in [2.75, 3.05) is 19.6 Å². The maximum absolute atomic E-state index is 12.5. The van der Waals surface area contributed by atoms with Crippen molar-refractivity contribution in [2.45, 2.75) is 108 Å². The summed E-state index contributed by atoms with van der Waals surface area (Å²) >= 11 is 0. The molecule has 1 saturated heterocycles. The third-order valence-corrected chi connectivity index (χ3v) is 12.6. The zero-order chi connectivity index (χ0) is 28.4. The molecule has 6 rings (SSSR count). The van der Waals surface area contributed by atoms with E-state index < -0.39 is 24.0 Å². The Morgan fingerprint density at radius 2 is 1.85 bits per heavy atom. The molecule has 5 fully saturated rings. The Morgan fingerprint density at radius 3 is 2.52 bits per heavy atom. The number of rotatable bonds is 5. The SMILES string of the molecule is C[C@@]12CCC(N(CCN3C[C@@H](O)C[C@@H]3O)C(=O)O)CC1CC[C@@H]1[C@@H]2CC[C@]2(C)[C@@H](c3ccc(=O)oc3)CC[C@]12O. The molecular weight excluding hydrogens is 512 g/mol. The number of likely N-dealkylation sites (tertiary alicyclic amines) is 1. The van der Waals surface area contributed by atoms with Gasteiger partial charge in [-0.3, -0.25) is 4.90 Å². The van der Waals surface area contributed by atoms with Crippen LogP contribution in [-0.4, -0.2) is 79.9 Å². The molecule has 1 amide bonds. The van der Waals surface area contributed by atoms with Crippen LogP contribution in [0.3, 0.4) is 0 Å². The van der Waals surface area contributed by atoms with Crippen molar-refractivity contribution in [3.63, 3.8) is 0 Å². The number of β-amino-alcohol motifs (C(OH)–C–C–N with tert-alkyl or cyclic N) is 1. The van der Waals surface area contributed by atoms with Crippen LogP contribution in [0.15, 0.2) is 27.6 Å². The van der Waals surface area contributed by atoms with E-state index in [1.807, 2.05) is 6.07 Å². The number of fused-ring (bicyclic) bond motifs is 5. The third kappa shape index (κ3) is 4.34. The van der Waals surface area contributed by atoms with Gasteiger partial charge in [-0.15, -0.1) is 0 Å². The topological polar surface area (TPSA) is 135 Å². The quantitative estimate of drug-likeness (QED) is 0.431. The summed E-state index contributed by atoms with van der Waals surface area (Å²) in [4.78, 5) is 27.2. The van der Waals surface area contributed by atoms with Gasteiger partial charge in [-0.25, -0.2) is 9.59 Å². The lowest BCUT2D eigenvalue weighted by Crippen LogP contribution is -2.62. The fourth-order valence-corrected chi connectivity index (χ4v) is 10.4. The van der Waals surface area contributed by atoms with Crippen LogP contribution in [0.1, 0.15) is 89.5 Å². The number of carbonyl (C=O) groups is 1. The fraction of sp³-hybridized carbons (Fsp3) is 0.806. The Bertz CT molecular complexity index is 1150. The molecule has 0 radical (unpaired) electrons. The van der Waals surface area contributed by atoms with Gasteiger partial charge in [-0.2, -0.15) is 0 Å². The predicted octanol–water partition coefficient (Wildman–Crippen LogP) is 3.61. The second-order valence-corrected chi connectivity index (χ2v) is 14.1. The minimum Gasteiger partial charge on any atom is -0.465 e. The van der Waals surface area contributed by atoms with Crippen LogP contribution < -0.4 is 5.63 Å². The van der Waals surface area contributed by atoms with Gasteiger partial charge in [0.15, 0.2) is 0 Å². The minimum absolute atomic E-state index is 0.0441. The lowest BCUT2D eigenvalue weighted by atomic mass is 9.43. The first-order valence-electron chi connectivity index (χ1n) is 15.4. The fourth-order valence-electron chi connectivity index (χ4n) is 10.4. The highest BCUT2D eigenvalue weighted by Crippen LogP contribution is 2.70. The normalized spacial score (nSPS) is 45.0. The van der Waals surface area contributed by atoms with Crippen molar-refractivity contribution in [3.8, 4) is 0 Å². The molecule has 0 aromatic carbocycles. The van der Waals surface area contributed by atoms with Crippen LogP contribution in [0.25, 0.3) is 0 Å². The molecule has 10 atom stereocenters. The molecule has 0 spiro atoms. The zero-order valence-electron chi connectivity index (χ0n) is 23.9. The number of hydrogen-bond donors (Lipinski definition) is 4. The molecule has 2 unspecified atom stereocenters. The van der Waals surface area contributed by atoms with E-state index in [1.165, 1.54) is 6.07 Å². The second kappa shape index (κ2) is 10.1. The van der Waals surface area contributed by atoms with Crippen molar-refractivity contribution < 1.29 is 29.6 Å². The molecule has 4 saturated carbocycles. The Morgan fingerprint density at radius 1 is 1.05 bits per heavy atom. The summed E-state index contributed by atoms with van der Waals surface area (Å²) in [5.74, 6) is 1.23. The molecule has 9 nitrogen and oxygen atoms in total. The largest absolute Gasteiger partial charge is 0.465 e. The Labute approximate surface area is 236 Å². The number of hydrogen-bond acceptors (Lipinski definition) is 7. The van der Waals surface area contributed by atoms with Gasteiger partial charge in [0.25, 0.3) is 0 Å². The van der Waals surface area contributed by atoms with E-state index in [-0.39, 0.29) is 34.3 Å². The van der Waals surface area contributed by atoms with Gasteiger partial charge in [0.2, 0.25) is 0 Å². The van der Waals surface area contributed by atoms with Crippen molar-refractivity contribution in [3.05, 3.63) is 34.4 Å². The standard InChI is InChI=1S/C31H46N2O7/c1-29-10-7-21(33(28(37)38)14-13-32-17-22(34)16-26(32)35)15-20(29)4-5-25-24(29)8-11-30(2)23(9-12-31(25,30)39)19-3-6-27(36)40-18-19/h3,6,18,20-26,34-35,39H,4-5,7-17H2,1-2H3,(H,37,38)/t20?,21?,22-,23+,24-,25+,26-,29+,30+,31-/m0/s1. The summed E-state index contributed by atoms with van der Waals surface area (Å²) < 4.78 is 5.21. The van der Waals surface area contributed by atoms with Crippen molar-refractivity contribution in [1.29, 1.82) is 0 Å². The molecule has 2 heterocycles. The molecular formula is C31H46N2O7. The number of nitrogens with zero attached hydrogens (tertiary/aromatic N) is 2. The Balaban J connectivity index is 1.16.